The minimum Gasteiger partial charge on any atom is -0.494 e. The summed E-state index contributed by atoms with van der Waals surface area (Å²) in [6.07, 6.45) is 9.01. The normalized spacial score (nSPS) is 14.7. The van der Waals surface area contributed by atoms with Crippen LogP contribution in [0.3, 0.4) is 0 Å². The molecule has 1 aromatic carbocycles. The fourth-order valence-corrected chi connectivity index (χ4v) is 4.69. The van der Waals surface area contributed by atoms with Gasteiger partial charge in [0.15, 0.2) is 5.16 Å². The number of rotatable bonds is 10. The van der Waals surface area contributed by atoms with Gasteiger partial charge in [-0.25, -0.2) is 0 Å². The Hall–Kier alpha value is -2.02. The van der Waals surface area contributed by atoms with Gasteiger partial charge in [0.25, 0.3) is 0 Å². The standard InChI is InChI=1S/C22H32N4O2S/c1-3-26-20(15-10-17-8-6-5-7-9-17)24-25-22(26)29-16-21(27)23-18-11-13-19(14-12-18)28-4-2/h11-14,17H,3-10,15-16H2,1-2H3,(H,23,27). The van der Waals surface area contributed by atoms with E-state index >= 15 is 0 Å². The Kier molecular flexibility index (Phi) is 8.40. The number of carbonyl (C=O) groups excluding carboxylic acids is 1. The fraction of sp³-hybridized carbons (Fsp3) is 0.591. The zero-order valence-corrected chi connectivity index (χ0v) is 18.3. The highest BCUT2D eigenvalue weighted by Crippen LogP contribution is 2.28. The van der Waals surface area contributed by atoms with Crippen LogP contribution in [0.15, 0.2) is 29.4 Å². The Morgan fingerprint density at radius 3 is 2.62 bits per heavy atom. The lowest BCUT2D eigenvalue weighted by Crippen LogP contribution is -2.15. The van der Waals surface area contributed by atoms with Crippen molar-refractivity contribution >= 4 is 23.4 Å². The van der Waals surface area contributed by atoms with Crippen LogP contribution < -0.4 is 10.1 Å². The Balaban J connectivity index is 1.49. The van der Waals surface area contributed by atoms with Gasteiger partial charge in [-0.1, -0.05) is 43.9 Å². The van der Waals surface area contributed by atoms with Crippen LogP contribution in [-0.2, 0) is 17.8 Å². The largest absolute Gasteiger partial charge is 0.494 e. The summed E-state index contributed by atoms with van der Waals surface area (Å²) in [5.41, 5.74) is 0.768. The number of hydrogen-bond acceptors (Lipinski definition) is 5. The van der Waals surface area contributed by atoms with E-state index in [0.29, 0.717) is 12.4 Å². The summed E-state index contributed by atoms with van der Waals surface area (Å²) in [6.45, 7) is 5.51. The SMILES string of the molecule is CCOc1ccc(NC(=O)CSc2nnc(CCC3CCCCC3)n2CC)cc1. The first kappa shape index (κ1) is 21.7. The van der Waals surface area contributed by atoms with Gasteiger partial charge in [0.2, 0.25) is 5.91 Å². The molecule has 6 nitrogen and oxygen atoms in total. The van der Waals surface area contributed by atoms with E-state index in [2.05, 4.69) is 27.0 Å². The molecule has 0 saturated heterocycles. The highest BCUT2D eigenvalue weighted by molar-refractivity contribution is 7.99. The zero-order valence-electron chi connectivity index (χ0n) is 17.5. The zero-order chi connectivity index (χ0) is 20.5. The summed E-state index contributed by atoms with van der Waals surface area (Å²) in [7, 11) is 0. The van der Waals surface area contributed by atoms with Crippen LogP contribution in [0, 0.1) is 5.92 Å². The van der Waals surface area contributed by atoms with Crippen molar-refractivity contribution in [2.75, 3.05) is 17.7 Å². The lowest BCUT2D eigenvalue weighted by atomic mass is 9.86. The maximum Gasteiger partial charge on any atom is 0.234 e. The lowest BCUT2D eigenvalue weighted by molar-refractivity contribution is -0.113. The minimum atomic E-state index is -0.0476. The van der Waals surface area contributed by atoms with E-state index in [9.17, 15) is 4.79 Å². The number of aromatic nitrogens is 3. The van der Waals surface area contributed by atoms with Crippen LogP contribution in [0.1, 0.15) is 58.2 Å². The maximum atomic E-state index is 12.3. The first-order valence-electron chi connectivity index (χ1n) is 10.8. The molecule has 0 spiro atoms. The number of nitrogens with one attached hydrogen (secondary N) is 1. The first-order valence-corrected chi connectivity index (χ1v) is 11.8. The molecule has 0 atom stereocenters. The predicted octanol–water partition coefficient (Wildman–Crippen LogP) is 4.94. The number of thioether (sulfide) groups is 1. The molecule has 2 aromatic rings. The number of amides is 1. The van der Waals surface area contributed by atoms with Crippen LogP contribution >= 0.6 is 11.8 Å². The number of nitrogens with zero attached hydrogens (tertiary/aromatic N) is 3. The smallest absolute Gasteiger partial charge is 0.234 e. The van der Waals surface area contributed by atoms with Crippen molar-refractivity contribution in [2.24, 2.45) is 5.92 Å². The van der Waals surface area contributed by atoms with Crippen LogP contribution in [0.4, 0.5) is 5.69 Å². The van der Waals surface area contributed by atoms with E-state index < -0.39 is 0 Å². The van der Waals surface area contributed by atoms with Gasteiger partial charge < -0.3 is 14.6 Å². The van der Waals surface area contributed by atoms with Gasteiger partial charge in [0, 0.05) is 18.7 Å². The second-order valence-corrected chi connectivity index (χ2v) is 8.42. The van der Waals surface area contributed by atoms with Crippen molar-refractivity contribution < 1.29 is 9.53 Å². The average molecular weight is 417 g/mol. The summed E-state index contributed by atoms with van der Waals surface area (Å²) >= 11 is 1.45. The van der Waals surface area contributed by atoms with E-state index in [1.807, 2.05) is 31.2 Å². The second-order valence-electron chi connectivity index (χ2n) is 7.48. The third-order valence-electron chi connectivity index (χ3n) is 5.39. The van der Waals surface area contributed by atoms with E-state index in [1.54, 1.807) is 0 Å². The number of hydrogen-bond donors (Lipinski definition) is 1. The third kappa shape index (κ3) is 6.49. The maximum absolute atomic E-state index is 12.3. The average Bonchev–Trinajstić information content (AvgIpc) is 3.15. The predicted molar refractivity (Wildman–Crippen MR) is 118 cm³/mol. The molecule has 1 fully saturated rings. The van der Waals surface area contributed by atoms with Gasteiger partial charge in [0.1, 0.15) is 11.6 Å². The van der Waals surface area contributed by atoms with Crippen molar-refractivity contribution in [2.45, 2.75) is 70.5 Å². The molecule has 1 heterocycles. The van der Waals surface area contributed by atoms with Gasteiger partial charge in [-0.05, 0) is 50.5 Å². The molecule has 3 rings (SSSR count). The molecule has 0 unspecified atom stereocenters. The molecular formula is C22H32N4O2S. The van der Waals surface area contributed by atoms with Gasteiger partial charge in [-0.15, -0.1) is 10.2 Å². The van der Waals surface area contributed by atoms with Crippen molar-refractivity contribution in [3.05, 3.63) is 30.1 Å². The molecule has 0 aliphatic heterocycles. The molecule has 0 radical (unpaired) electrons. The van der Waals surface area contributed by atoms with E-state index in [1.165, 1.54) is 50.3 Å². The van der Waals surface area contributed by atoms with E-state index in [4.69, 9.17) is 4.74 Å². The summed E-state index contributed by atoms with van der Waals surface area (Å²) in [5.74, 6) is 2.95. The fourth-order valence-electron chi connectivity index (χ4n) is 3.87. The molecule has 158 valence electrons. The van der Waals surface area contributed by atoms with Gasteiger partial charge >= 0.3 is 0 Å². The van der Waals surface area contributed by atoms with E-state index in [-0.39, 0.29) is 5.91 Å². The van der Waals surface area contributed by atoms with Crippen LogP contribution in [-0.4, -0.2) is 33.0 Å². The molecule has 0 bridgehead atoms. The Morgan fingerprint density at radius 1 is 1.17 bits per heavy atom. The molecule has 29 heavy (non-hydrogen) atoms. The van der Waals surface area contributed by atoms with E-state index in [0.717, 1.165) is 41.3 Å². The number of carbonyl (C=O) groups is 1. The molecular weight excluding hydrogens is 384 g/mol. The Bertz CT molecular complexity index is 770. The lowest BCUT2D eigenvalue weighted by Gasteiger charge is -2.21. The minimum absolute atomic E-state index is 0.0476. The summed E-state index contributed by atoms with van der Waals surface area (Å²) in [4.78, 5) is 12.3. The molecule has 1 amide bonds. The van der Waals surface area contributed by atoms with Crippen molar-refractivity contribution in [1.82, 2.24) is 14.8 Å². The summed E-state index contributed by atoms with van der Waals surface area (Å²) in [6, 6.07) is 7.42. The van der Waals surface area contributed by atoms with Crippen molar-refractivity contribution in [3.8, 4) is 5.75 Å². The number of aryl methyl sites for hydroxylation is 1. The second kappa shape index (κ2) is 11.2. The quantitative estimate of drug-likeness (QED) is 0.556. The highest BCUT2D eigenvalue weighted by Gasteiger charge is 2.17. The highest BCUT2D eigenvalue weighted by atomic mass is 32.2. The van der Waals surface area contributed by atoms with Crippen LogP contribution in [0.2, 0.25) is 0 Å². The molecule has 1 saturated carbocycles. The van der Waals surface area contributed by atoms with Gasteiger partial charge in [0.05, 0.1) is 12.4 Å². The molecule has 7 heteroatoms. The van der Waals surface area contributed by atoms with Gasteiger partial charge in [-0.2, -0.15) is 0 Å². The Labute approximate surface area is 177 Å². The van der Waals surface area contributed by atoms with Crippen molar-refractivity contribution in [3.63, 3.8) is 0 Å². The Morgan fingerprint density at radius 2 is 1.93 bits per heavy atom. The topological polar surface area (TPSA) is 69.0 Å². The number of ether oxygens (including phenoxy) is 1. The first-order chi connectivity index (χ1) is 14.2. The summed E-state index contributed by atoms with van der Waals surface area (Å²) < 4.78 is 7.57. The summed E-state index contributed by atoms with van der Waals surface area (Å²) in [5, 5.41) is 12.5. The molecule has 1 aromatic heterocycles. The van der Waals surface area contributed by atoms with Crippen LogP contribution in [0.5, 0.6) is 5.75 Å². The van der Waals surface area contributed by atoms with Crippen molar-refractivity contribution in [1.29, 1.82) is 0 Å². The monoisotopic (exact) mass is 416 g/mol. The van der Waals surface area contributed by atoms with Gasteiger partial charge in [-0.3, -0.25) is 4.79 Å². The number of benzene rings is 1. The third-order valence-corrected chi connectivity index (χ3v) is 6.36. The molecule has 1 aliphatic carbocycles. The molecule has 1 N–H and O–H groups in total. The van der Waals surface area contributed by atoms with Crippen LogP contribution in [0.25, 0.3) is 0 Å². The number of anilines is 1. The molecule has 1 aliphatic rings.